The molecule has 26 heavy (non-hydrogen) atoms. The second-order valence-corrected chi connectivity index (χ2v) is 6.09. The number of amides is 2. The molecule has 1 atom stereocenters. The van der Waals surface area contributed by atoms with Crippen LogP contribution in [0.1, 0.15) is 17.5 Å². The molecule has 0 saturated carbocycles. The zero-order valence-electron chi connectivity index (χ0n) is 14.7. The minimum absolute atomic E-state index is 0.154. The summed E-state index contributed by atoms with van der Waals surface area (Å²) in [7, 11) is 1.59. The van der Waals surface area contributed by atoms with Gasteiger partial charge in [-0.25, -0.2) is 4.39 Å². The summed E-state index contributed by atoms with van der Waals surface area (Å²) in [5.41, 5.74) is 7.21. The van der Waals surface area contributed by atoms with Crippen LogP contribution in [0.2, 0.25) is 0 Å². The summed E-state index contributed by atoms with van der Waals surface area (Å²) in [5.74, 6) is -0.784. The fourth-order valence-corrected chi connectivity index (χ4v) is 2.59. The Balaban J connectivity index is 1.82. The van der Waals surface area contributed by atoms with Crippen LogP contribution in [0, 0.1) is 11.7 Å². The molecule has 0 spiro atoms. The second kappa shape index (κ2) is 9.56. The number of nitrogens with two attached hydrogens (primary N) is 1. The average molecular weight is 358 g/mol. The molecule has 0 heterocycles. The van der Waals surface area contributed by atoms with Crippen molar-refractivity contribution in [2.75, 3.05) is 13.7 Å². The van der Waals surface area contributed by atoms with Gasteiger partial charge in [0.2, 0.25) is 11.8 Å². The van der Waals surface area contributed by atoms with E-state index in [-0.39, 0.29) is 18.3 Å². The zero-order valence-corrected chi connectivity index (χ0v) is 14.7. The molecule has 2 rings (SSSR count). The highest BCUT2D eigenvalue weighted by Gasteiger charge is 2.17. The number of halogens is 1. The molecule has 1 unspecified atom stereocenters. The molecule has 2 amide bonds. The molecule has 5 nitrogen and oxygen atoms in total. The van der Waals surface area contributed by atoms with Gasteiger partial charge in [-0.3, -0.25) is 9.59 Å². The minimum atomic E-state index is -0.541. The van der Waals surface area contributed by atoms with Gasteiger partial charge in [-0.15, -0.1) is 0 Å². The molecular formula is C20H23FN2O3. The number of methoxy groups -OCH3 is 1. The highest BCUT2D eigenvalue weighted by molar-refractivity contribution is 5.80. The van der Waals surface area contributed by atoms with Crippen molar-refractivity contribution in [3.05, 3.63) is 65.5 Å². The molecule has 0 radical (unpaired) electrons. The second-order valence-electron chi connectivity index (χ2n) is 6.09. The van der Waals surface area contributed by atoms with E-state index in [9.17, 15) is 14.0 Å². The van der Waals surface area contributed by atoms with Crippen LogP contribution in [0.15, 0.2) is 48.5 Å². The fourth-order valence-electron chi connectivity index (χ4n) is 2.59. The first-order chi connectivity index (χ1) is 12.5. The Labute approximate surface area is 152 Å². The zero-order chi connectivity index (χ0) is 18.9. The van der Waals surface area contributed by atoms with Gasteiger partial charge in [0, 0.05) is 13.0 Å². The first-order valence-corrected chi connectivity index (χ1v) is 8.41. The number of aryl methyl sites for hydroxylation is 1. The Bertz CT molecular complexity index is 747. The van der Waals surface area contributed by atoms with Crippen molar-refractivity contribution >= 4 is 11.8 Å². The number of hydrogen-bond acceptors (Lipinski definition) is 3. The van der Waals surface area contributed by atoms with Crippen LogP contribution in [-0.2, 0) is 22.4 Å². The third-order valence-electron chi connectivity index (χ3n) is 4.12. The first-order valence-electron chi connectivity index (χ1n) is 8.41. The molecular weight excluding hydrogens is 335 g/mol. The van der Waals surface area contributed by atoms with Crippen LogP contribution < -0.4 is 15.8 Å². The van der Waals surface area contributed by atoms with Crippen LogP contribution in [0.25, 0.3) is 0 Å². The van der Waals surface area contributed by atoms with Crippen molar-refractivity contribution < 1.29 is 18.7 Å². The lowest BCUT2D eigenvalue weighted by molar-refractivity contribution is -0.123. The van der Waals surface area contributed by atoms with E-state index in [0.717, 1.165) is 16.9 Å². The molecule has 0 aliphatic rings. The quantitative estimate of drug-likeness (QED) is 0.721. The number of hydrogen-bond donors (Lipinski definition) is 2. The lowest BCUT2D eigenvalue weighted by Gasteiger charge is -2.14. The lowest BCUT2D eigenvalue weighted by atomic mass is 9.98. The minimum Gasteiger partial charge on any atom is -0.497 e. The number of benzene rings is 2. The Morgan fingerprint density at radius 3 is 2.54 bits per heavy atom. The van der Waals surface area contributed by atoms with Crippen LogP contribution >= 0.6 is 0 Å². The smallest absolute Gasteiger partial charge is 0.222 e. The number of nitrogens with one attached hydrogen (secondary N) is 1. The molecule has 138 valence electrons. The van der Waals surface area contributed by atoms with Crippen molar-refractivity contribution in [1.29, 1.82) is 0 Å². The van der Waals surface area contributed by atoms with E-state index in [2.05, 4.69) is 5.32 Å². The standard InChI is InChI=1S/C20H23FN2O3/c1-26-18-4-2-3-14(12-18)7-10-19(24)23-13-16(20(22)25)11-15-5-8-17(21)9-6-15/h2-6,8-9,12,16H,7,10-11,13H2,1H3,(H2,22,25)(H,23,24). The van der Waals surface area contributed by atoms with Gasteiger partial charge >= 0.3 is 0 Å². The average Bonchev–Trinajstić information content (AvgIpc) is 2.64. The van der Waals surface area contributed by atoms with E-state index < -0.39 is 11.8 Å². The van der Waals surface area contributed by atoms with Gasteiger partial charge in [0.05, 0.1) is 13.0 Å². The SMILES string of the molecule is COc1cccc(CCC(=O)NCC(Cc2ccc(F)cc2)C(N)=O)c1. The Kier molecular flexibility index (Phi) is 7.14. The van der Waals surface area contributed by atoms with Crippen LogP contribution in [0.4, 0.5) is 4.39 Å². The van der Waals surface area contributed by atoms with Gasteiger partial charge in [-0.05, 0) is 48.2 Å². The van der Waals surface area contributed by atoms with Crippen LogP contribution in [0.5, 0.6) is 5.75 Å². The van der Waals surface area contributed by atoms with Crippen molar-refractivity contribution in [1.82, 2.24) is 5.32 Å². The van der Waals surface area contributed by atoms with E-state index in [1.807, 2.05) is 24.3 Å². The maximum atomic E-state index is 13.0. The maximum Gasteiger partial charge on any atom is 0.222 e. The monoisotopic (exact) mass is 358 g/mol. The van der Waals surface area contributed by atoms with E-state index in [4.69, 9.17) is 10.5 Å². The van der Waals surface area contributed by atoms with E-state index in [1.165, 1.54) is 12.1 Å². The Morgan fingerprint density at radius 2 is 1.88 bits per heavy atom. The first kappa shape index (κ1) is 19.4. The molecule has 0 aliphatic heterocycles. The molecule has 3 N–H and O–H groups in total. The number of carbonyl (C=O) groups excluding carboxylic acids is 2. The summed E-state index contributed by atoms with van der Waals surface area (Å²) in [4.78, 5) is 23.7. The van der Waals surface area contributed by atoms with E-state index in [0.29, 0.717) is 19.3 Å². The van der Waals surface area contributed by atoms with Crippen molar-refractivity contribution in [2.45, 2.75) is 19.3 Å². The Morgan fingerprint density at radius 1 is 1.15 bits per heavy atom. The summed E-state index contributed by atoms with van der Waals surface area (Å²) in [5, 5.41) is 2.75. The maximum absolute atomic E-state index is 13.0. The van der Waals surface area contributed by atoms with Gasteiger partial charge in [0.15, 0.2) is 0 Å². The predicted octanol–water partition coefficient (Wildman–Crippen LogP) is 2.23. The number of carbonyl (C=O) groups is 2. The van der Waals surface area contributed by atoms with E-state index in [1.54, 1.807) is 19.2 Å². The van der Waals surface area contributed by atoms with Crippen LogP contribution in [-0.4, -0.2) is 25.5 Å². The molecule has 2 aromatic carbocycles. The highest BCUT2D eigenvalue weighted by Crippen LogP contribution is 2.14. The molecule has 0 bridgehead atoms. The number of primary amides is 1. The van der Waals surface area contributed by atoms with Crippen LogP contribution in [0.3, 0.4) is 0 Å². The van der Waals surface area contributed by atoms with Crippen molar-refractivity contribution in [2.24, 2.45) is 11.7 Å². The van der Waals surface area contributed by atoms with Gasteiger partial charge in [0.25, 0.3) is 0 Å². The molecule has 0 aliphatic carbocycles. The van der Waals surface area contributed by atoms with Gasteiger partial charge < -0.3 is 15.8 Å². The summed E-state index contributed by atoms with van der Waals surface area (Å²) < 4.78 is 18.1. The third kappa shape index (κ3) is 6.20. The van der Waals surface area contributed by atoms with Crippen molar-refractivity contribution in [3.8, 4) is 5.75 Å². The Hall–Kier alpha value is -2.89. The summed E-state index contributed by atoms with van der Waals surface area (Å²) in [6, 6.07) is 13.4. The highest BCUT2D eigenvalue weighted by atomic mass is 19.1. The number of ether oxygens (including phenoxy) is 1. The van der Waals surface area contributed by atoms with E-state index >= 15 is 0 Å². The molecule has 0 saturated heterocycles. The molecule has 0 aromatic heterocycles. The van der Waals surface area contributed by atoms with Gasteiger partial charge in [0.1, 0.15) is 11.6 Å². The summed E-state index contributed by atoms with van der Waals surface area (Å²) in [6.45, 7) is 0.156. The predicted molar refractivity (Wildman–Crippen MR) is 97.1 cm³/mol. The third-order valence-corrected chi connectivity index (χ3v) is 4.12. The topological polar surface area (TPSA) is 81.4 Å². The lowest BCUT2D eigenvalue weighted by Crippen LogP contribution is -2.37. The van der Waals surface area contributed by atoms with Gasteiger partial charge in [-0.2, -0.15) is 0 Å². The molecule has 2 aromatic rings. The summed E-state index contributed by atoms with van der Waals surface area (Å²) in [6.07, 6.45) is 1.23. The largest absolute Gasteiger partial charge is 0.497 e. The normalized spacial score (nSPS) is 11.6. The van der Waals surface area contributed by atoms with Gasteiger partial charge in [-0.1, -0.05) is 24.3 Å². The molecule has 6 heteroatoms. The summed E-state index contributed by atoms with van der Waals surface area (Å²) >= 11 is 0. The fraction of sp³-hybridized carbons (Fsp3) is 0.300. The number of rotatable bonds is 9. The molecule has 0 fully saturated rings. The van der Waals surface area contributed by atoms with Crippen molar-refractivity contribution in [3.63, 3.8) is 0 Å².